The zero-order valence-electron chi connectivity index (χ0n) is 16.3. The van der Waals surface area contributed by atoms with Gasteiger partial charge in [-0.1, -0.05) is 24.3 Å². The molecule has 0 radical (unpaired) electrons. The molecule has 0 spiro atoms. The van der Waals surface area contributed by atoms with Crippen molar-refractivity contribution in [1.82, 2.24) is 19.7 Å². The Labute approximate surface area is 177 Å². The largest absolute Gasteiger partial charge is 0.307 e. The number of aromatic nitrogens is 4. The third kappa shape index (κ3) is 3.78. The Bertz CT molecular complexity index is 1200. The number of rotatable bonds is 4. The van der Waals surface area contributed by atoms with Crippen molar-refractivity contribution in [3.8, 4) is 11.3 Å². The van der Waals surface area contributed by atoms with E-state index in [0.717, 1.165) is 21.3 Å². The number of hydrogen-bond donors (Lipinski definition) is 1. The van der Waals surface area contributed by atoms with Gasteiger partial charge in [-0.25, -0.2) is 14.6 Å². The van der Waals surface area contributed by atoms with Crippen LogP contribution in [0.2, 0.25) is 0 Å². The molecule has 0 unspecified atom stereocenters. The Morgan fingerprint density at radius 1 is 1.14 bits per heavy atom. The van der Waals surface area contributed by atoms with E-state index in [9.17, 15) is 4.79 Å². The van der Waals surface area contributed by atoms with Crippen LogP contribution < -0.4 is 5.32 Å². The van der Waals surface area contributed by atoms with Gasteiger partial charge in [-0.05, 0) is 60.5 Å². The van der Waals surface area contributed by atoms with Crippen molar-refractivity contribution in [3.63, 3.8) is 0 Å². The van der Waals surface area contributed by atoms with E-state index in [4.69, 9.17) is 4.98 Å². The number of pyridine rings is 2. The Morgan fingerprint density at radius 3 is 2.62 bits per heavy atom. The number of carbonyl (C=O) groups excluding carboxylic acids is 1. The number of hydrogen-bond acceptors (Lipinski definition) is 4. The second-order valence-corrected chi connectivity index (χ2v) is 8.02. The Balaban J connectivity index is 1.86. The summed E-state index contributed by atoms with van der Waals surface area (Å²) in [4.78, 5) is 22.2. The maximum absolute atomic E-state index is 13.1. The Hall–Kier alpha value is -3.06. The van der Waals surface area contributed by atoms with Gasteiger partial charge in [-0.15, -0.1) is 0 Å². The van der Waals surface area contributed by atoms with Gasteiger partial charge in [0, 0.05) is 22.3 Å². The third-order valence-electron chi connectivity index (χ3n) is 4.69. The molecule has 29 heavy (non-hydrogen) atoms. The number of nitrogens with zero attached hydrogens (tertiary/aromatic N) is 4. The molecule has 0 saturated heterocycles. The lowest BCUT2D eigenvalue weighted by atomic mass is 10.0. The molecule has 4 aromatic rings. The second-order valence-electron chi connectivity index (χ2n) is 7.11. The van der Waals surface area contributed by atoms with E-state index in [1.807, 2.05) is 61.9 Å². The maximum Gasteiger partial charge on any atom is 0.257 e. The Morgan fingerprint density at radius 2 is 1.93 bits per heavy atom. The van der Waals surface area contributed by atoms with Crippen LogP contribution in [0.15, 0.2) is 59.3 Å². The lowest BCUT2D eigenvalue weighted by Gasteiger charge is -2.12. The maximum atomic E-state index is 13.1. The highest BCUT2D eigenvalue weighted by Crippen LogP contribution is 2.28. The van der Waals surface area contributed by atoms with Gasteiger partial charge in [0.25, 0.3) is 5.91 Å². The van der Waals surface area contributed by atoms with Crippen molar-refractivity contribution >= 4 is 38.7 Å². The quantitative estimate of drug-likeness (QED) is 0.452. The van der Waals surface area contributed by atoms with Crippen LogP contribution in [0.25, 0.3) is 22.3 Å². The second kappa shape index (κ2) is 7.75. The number of halogens is 1. The van der Waals surface area contributed by atoms with Gasteiger partial charge in [0.2, 0.25) is 0 Å². The molecular formula is C22H20BrN5O. The highest BCUT2D eigenvalue weighted by atomic mass is 79.9. The van der Waals surface area contributed by atoms with Crippen LogP contribution in [0, 0.1) is 6.92 Å². The van der Waals surface area contributed by atoms with Crippen LogP contribution in [-0.4, -0.2) is 25.7 Å². The van der Waals surface area contributed by atoms with Crippen molar-refractivity contribution in [2.24, 2.45) is 0 Å². The number of anilines is 1. The van der Waals surface area contributed by atoms with Crippen LogP contribution in [0.3, 0.4) is 0 Å². The lowest BCUT2D eigenvalue weighted by Crippen LogP contribution is -2.14. The molecule has 0 aliphatic heterocycles. The summed E-state index contributed by atoms with van der Waals surface area (Å²) >= 11 is 3.35. The van der Waals surface area contributed by atoms with Crippen LogP contribution in [0.1, 0.15) is 35.8 Å². The molecule has 1 N–H and O–H groups in total. The Kier molecular flexibility index (Phi) is 5.15. The number of nitrogens with one attached hydrogen (secondary N) is 1. The summed E-state index contributed by atoms with van der Waals surface area (Å²) in [6.07, 6.45) is 3.35. The van der Waals surface area contributed by atoms with Gasteiger partial charge < -0.3 is 5.32 Å². The fourth-order valence-electron chi connectivity index (χ4n) is 3.22. The number of fused-ring (bicyclic) bond motifs is 1. The first-order valence-electron chi connectivity index (χ1n) is 9.31. The smallest absolute Gasteiger partial charge is 0.257 e. The zero-order chi connectivity index (χ0) is 20.5. The van der Waals surface area contributed by atoms with Crippen LogP contribution in [-0.2, 0) is 0 Å². The zero-order valence-corrected chi connectivity index (χ0v) is 17.9. The molecule has 0 aliphatic rings. The molecule has 3 heterocycles. The van der Waals surface area contributed by atoms with Crippen LogP contribution >= 0.6 is 15.9 Å². The predicted octanol–water partition coefficient (Wildman–Crippen LogP) is 5.40. The van der Waals surface area contributed by atoms with E-state index >= 15 is 0 Å². The van der Waals surface area contributed by atoms with Gasteiger partial charge in [-0.2, -0.15) is 5.10 Å². The van der Waals surface area contributed by atoms with Gasteiger partial charge in [0.05, 0.1) is 22.8 Å². The van der Waals surface area contributed by atoms with E-state index in [0.29, 0.717) is 22.4 Å². The SMILES string of the molecule is Cc1ccccc1-c1cc(C(=O)Nc2ccc(Br)cn2)c2cnn(C(C)C)c2n1. The fraction of sp³-hybridized carbons (Fsp3) is 0.182. The first-order chi connectivity index (χ1) is 13.9. The highest BCUT2D eigenvalue weighted by Gasteiger charge is 2.19. The molecule has 146 valence electrons. The molecule has 1 amide bonds. The van der Waals surface area contributed by atoms with Gasteiger partial charge in [-0.3, -0.25) is 4.79 Å². The average Bonchev–Trinajstić information content (AvgIpc) is 3.13. The summed E-state index contributed by atoms with van der Waals surface area (Å²) in [6.45, 7) is 6.12. The number of benzene rings is 1. The molecular weight excluding hydrogens is 430 g/mol. The van der Waals surface area contributed by atoms with E-state index in [1.165, 1.54) is 0 Å². The summed E-state index contributed by atoms with van der Waals surface area (Å²) in [5.41, 5.74) is 4.03. The molecule has 0 fully saturated rings. The van der Waals surface area contributed by atoms with Crippen molar-refractivity contribution in [3.05, 3.63) is 70.5 Å². The lowest BCUT2D eigenvalue weighted by molar-refractivity contribution is 0.102. The minimum Gasteiger partial charge on any atom is -0.307 e. The molecule has 0 bridgehead atoms. The van der Waals surface area contributed by atoms with Gasteiger partial charge in [0.15, 0.2) is 5.65 Å². The summed E-state index contributed by atoms with van der Waals surface area (Å²) in [6, 6.07) is 13.5. The average molecular weight is 450 g/mol. The van der Waals surface area contributed by atoms with E-state index in [-0.39, 0.29) is 11.9 Å². The van der Waals surface area contributed by atoms with E-state index < -0.39 is 0 Å². The summed E-state index contributed by atoms with van der Waals surface area (Å²) in [5, 5.41) is 8.05. The van der Waals surface area contributed by atoms with Crippen LogP contribution in [0.5, 0.6) is 0 Å². The number of aryl methyl sites for hydroxylation is 1. The van der Waals surface area contributed by atoms with E-state index in [1.54, 1.807) is 18.5 Å². The minimum absolute atomic E-state index is 0.121. The number of carbonyl (C=O) groups is 1. The molecule has 4 rings (SSSR count). The van der Waals surface area contributed by atoms with Crippen molar-refractivity contribution in [2.45, 2.75) is 26.8 Å². The molecule has 7 heteroatoms. The predicted molar refractivity (Wildman–Crippen MR) is 118 cm³/mol. The summed E-state index contributed by atoms with van der Waals surface area (Å²) < 4.78 is 2.69. The molecule has 0 saturated carbocycles. The molecule has 3 aromatic heterocycles. The first kappa shape index (κ1) is 19.3. The standard InChI is InChI=1S/C22H20BrN5O/c1-13(2)28-21-18(12-25-28)17(22(29)27-20-9-8-15(23)11-24-20)10-19(26-21)16-7-5-4-6-14(16)3/h4-13H,1-3H3,(H,24,27,29). The number of amides is 1. The first-order valence-corrected chi connectivity index (χ1v) is 10.1. The van der Waals surface area contributed by atoms with Crippen molar-refractivity contribution in [2.75, 3.05) is 5.32 Å². The summed E-state index contributed by atoms with van der Waals surface area (Å²) in [7, 11) is 0. The van der Waals surface area contributed by atoms with Crippen molar-refractivity contribution < 1.29 is 4.79 Å². The molecule has 1 aromatic carbocycles. The fourth-order valence-corrected chi connectivity index (χ4v) is 3.45. The third-order valence-corrected chi connectivity index (χ3v) is 5.16. The normalized spacial score (nSPS) is 11.2. The molecule has 0 aliphatic carbocycles. The molecule has 6 nitrogen and oxygen atoms in total. The minimum atomic E-state index is -0.245. The van der Waals surface area contributed by atoms with Crippen molar-refractivity contribution in [1.29, 1.82) is 0 Å². The monoisotopic (exact) mass is 449 g/mol. The molecule has 0 atom stereocenters. The van der Waals surface area contributed by atoms with Gasteiger partial charge in [0.1, 0.15) is 5.82 Å². The van der Waals surface area contributed by atoms with E-state index in [2.05, 4.69) is 31.3 Å². The topological polar surface area (TPSA) is 72.7 Å². The van der Waals surface area contributed by atoms with Gasteiger partial charge >= 0.3 is 0 Å². The summed E-state index contributed by atoms with van der Waals surface area (Å²) in [5.74, 6) is 0.238. The van der Waals surface area contributed by atoms with Crippen LogP contribution in [0.4, 0.5) is 5.82 Å². The highest BCUT2D eigenvalue weighted by molar-refractivity contribution is 9.10.